The smallest absolute Gasteiger partial charge is 0.325 e. The normalized spacial score (nSPS) is 8.79. The van der Waals surface area contributed by atoms with Gasteiger partial charge < -0.3 is 15.4 Å². The minimum Gasteiger partial charge on any atom is -0.465 e. The molecule has 0 atom stereocenters. The topological polar surface area (TPSA) is 67.4 Å². The average Bonchev–Trinajstić information content (AvgIpc) is 2.12. The third-order valence-electron chi connectivity index (χ3n) is 1.19. The van der Waals surface area contributed by atoms with Crippen LogP contribution in [-0.4, -0.2) is 25.2 Å². The van der Waals surface area contributed by atoms with Crippen molar-refractivity contribution in [2.45, 2.75) is 20.8 Å². The second kappa shape index (κ2) is 6.94. The predicted octanol–water partition coefficient (Wildman–Crippen LogP) is 0.772. The third-order valence-corrected chi connectivity index (χ3v) is 1.19. The fraction of sp³-hybridized carbons (Fsp3) is 0.556. The highest BCUT2D eigenvalue weighted by atomic mass is 16.5. The van der Waals surface area contributed by atoms with Crippen molar-refractivity contribution in [3.05, 3.63) is 11.8 Å². The van der Waals surface area contributed by atoms with Gasteiger partial charge in [-0.25, -0.2) is 4.79 Å². The van der Waals surface area contributed by atoms with Gasteiger partial charge >= 0.3 is 12.0 Å². The third kappa shape index (κ3) is 7.15. The molecule has 0 aromatic carbocycles. The molecule has 0 aliphatic heterocycles. The lowest BCUT2D eigenvalue weighted by molar-refractivity contribution is -0.141. The zero-order valence-electron chi connectivity index (χ0n) is 8.72. The summed E-state index contributed by atoms with van der Waals surface area (Å²) in [4.78, 5) is 21.8. The Hall–Kier alpha value is -1.52. The van der Waals surface area contributed by atoms with Gasteiger partial charge in [0.15, 0.2) is 0 Å². The van der Waals surface area contributed by atoms with Crippen LogP contribution in [0.5, 0.6) is 0 Å². The molecule has 14 heavy (non-hydrogen) atoms. The Morgan fingerprint density at radius 2 is 2.00 bits per heavy atom. The van der Waals surface area contributed by atoms with Crippen LogP contribution in [0.4, 0.5) is 4.79 Å². The van der Waals surface area contributed by atoms with Gasteiger partial charge in [-0.15, -0.1) is 0 Å². The minimum atomic E-state index is -0.445. The summed E-state index contributed by atoms with van der Waals surface area (Å²) in [6.45, 7) is 5.62. The molecule has 0 heterocycles. The van der Waals surface area contributed by atoms with Crippen LogP contribution in [-0.2, 0) is 9.53 Å². The highest BCUT2D eigenvalue weighted by Crippen LogP contribution is 1.83. The number of ether oxygens (including phenoxy) is 1. The quantitative estimate of drug-likeness (QED) is 0.659. The molecule has 5 heteroatoms. The van der Waals surface area contributed by atoms with E-state index in [2.05, 4.69) is 15.4 Å². The molecule has 0 rings (SSSR count). The number of amides is 2. The number of rotatable bonds is 4. The van der Waals surface area contributed by atoms with E-state index in [-0.39, 0.29) is 6.54 Å². The van der Waals surface area contributed by atoms with E-state index in [9.17, 15) is 9.59 Å². The van der Waals surface area contributed by atoms with Gasteiger partial charge in [0.25, 0.3) is 0 Å². The Kier molecular flexibility index (Phi) is 6.19. The van der Waals surface area contributed by atoms with E-state index in [0.717, 1.165) is 5.57 Å². The first-order chi connectivity index (χ1) is 6.56. The number of carbonyl (C=O) groups excluding carboxylic acids is 2. The molecule has 0 radical (unpaired) electrons. The Morgan fingerprint density at radius 1 is 1.36 bits per heavy atom. The van der Waals surface area contributed by atoms with E-state index in [0.29, 0.717) is 6.61 Å². The number of esters is 1. The fourth-order valence-corrected chi connectivity index (χ4v) is 0.625. The molecule has 80 valence electrons. The second-order valence-corrected chi connectivity index (χ2v) is 2.85. The zero-order chi connectivity index (χ0) is 11.0. The van der Waals surface area contributed by atoms with Crippen molar-refractivity contribution < 1.29 is 14.3 Å². The molecule has 0 aliphatic carbocycles. The van der Waals surface area contributed by atoms with E-state index < -0.39 is 12.0 Å². The molecule has 0 spiro atoms. The maximum absolute atomic E-state index is 11.0. The van der Waals surface area contributed by atoms with Gasteiger partial charge in [-0.05, 0) is 20.8 Å². The summed E-state index contributed by atoms with van der Waals surface area (Å²) < 4.78 is 4.62. The van der Waals surface area contributed by atoms with Crippen molar-refractivity contribution >= 4 is 12.0 Å². The van der Waals surface area contributed by atoms with Crippen LogP contribution < -0.4 is 10.6 Å². The van der Waals surface area contributed by atoms with Gasteiger partial charge in [0.2, 0.25) is 0 Å². The molecule has 0 aromatic heterocycles. The molecule has 0 unspecified atom stereocenters. The van der Waals surface area contributed by atoms with Crippen LogP contribution in [0.25, 0.3) is 0 Å². The van der Waals surface area contributed by atoms with Crippen molar-refractivity contribution in [3.8, 4) is 0 Å². The number of nitrogens with one attached hydrogen (secondary N) is 2. The summed E-state index contributed by atoms with van der Waals surface area (Å²) in [5.41, 5.74) is 0.969. The van der Waals surface area contributed by atoms with Crippen LogP contribution in [0.15, 0.2) is 11.8 Å². The Bertz CT molecular complexity index is 232. The molecule has 2 N–H and O–H groups in total. The Labute approximate surface area is 83.5 Å². The first-order valence-electron chi connectivity index (χ1n) is 4.39. The van der Waals surface area contributed by atoms with E-state index in [1.165, 1.54) is 0 Å². The first kappa shape index (κ1) is 12.5. The summed E-state index contributed by atoms with van der Waals surface area (Å²) in [6.07, 6.45) is 1.56. The van der Waals surface area contributed by atoms with Gasteiger partial charge in [0, 0.05) is 6.20 Å². The second-order valence-electron chi connectivity index (χ2n) is 2.85. The maximum atomic E-state index is 11.0. The van der Waals surface area contributed by atoms with Crippen LogP contribution >= 0.6 is 0 Å². The first-order valence-corrected chi connectivity index (χ1v) is 4.39. The lowest BCUT2D eigenvalue weighted by Crippen LogP contribution is -2.36. The Morgan fingerprint density at radius 3 is 2.50 bits per heavy atom. The lowest BCUT2D eigenvalue weighted by Gasteiger charge is -2.04. The number of hydrogen-bond acceptors (Lipinski definition) is 3. The predicted molar refractivity (Wildman–Crippen MR) is 52.6 cm³/mol. The van der Waals surface area contributed by atoms with Gasteiger partial charge in [0.1, 0.15) is 6.54 Å². The van der Waals surface area contributed by atoms with Crippen molar-refractivity contribution in [2.24, 2.45) is 0 Å². The molecule has 0 bridgehead atoms. The molecule has 0 saturated heterocycles. The lowest BCUT2D eigenvalue weighted by atomic mass is 10.4. The molecule has 0 saturated carbocycles. The standard InChI is InChI=1S/C9H16N2O3/c1-4-14-8(12)6-11-9(13)10-5-7(2)3/h5H,4,6H2,1-3H3,(H2,10,11,13). The summed E-state index contributed by atoms with van der Waals surface area (Å²) in [7, 11) is 0. The molecule has 0 fully saturated rings. The van der Waals surface area contributed by atoms with E-state index >= 15 is 0 Å². The van der Waals surface area contributed by atoms with Crippen molar-refractivity contribution in [1.29, 1.82) is 0 Å². The van der Waals surface area contributed by atoms with Gasteiger partial charge in [-0.1, -0.05) is 5.57 Å². The molecule has 0 aromatic rings. The molecule has 2 amide bonds. The minimum absolute atomic E-state index is 0.115. The highest BCUT2D eigenvalue weighted by molar-refractivity contribution is 5.81. The average molecular weight is 200 g/mol. The van der Waals surface area contributed by atoms with Gasteiger partial charge in [-0.3, -0.25) is 4.79 Å². The van der Waals surface area contributed by atoms with E-state index in [1.54, 1.807) is 13.1 Å². The van der Waals surface area contributed by atoms with Crippen LogP contribution in [0.3, 0.4) is 0 Å². The number of carbonyl (C=O) groups is 2. The fourth-order valence-electron chi connectivity index (χ4n) is 0.625. The molecule has 0 aliphatic rings. The number of hydrogen-bond donors (Lipinski definition) is 2. The summed E-state index contributed by atoms with van der Waals surface area (Å²) >= 11 is 0. The summed E-state index contributed by atoms with van der Waals surface area (Å²) in [5.74, 6) is -0.445. The van der Waals surface area contributed by atoms with Gasteiger partial charge in [-0.2, -0.15) is 0 Å². The van der Waals surface area contributed by atoms with Gasteiger partial charge in [0.05, 0.1) is 6.61 Å². The zero-order valence-corrected chi connectivity index (χ0v) is 8.72. The number of urea groups is 1. The van der Waals surface area contributed by atoms with Crippen molar-refractivity contribution in [3.63, 3.8) is 0 Å². The maximum Gasteiger partial charge on any atom is 0.325 e. The molecular formula is C9H16N2O3. The molecular weight excluding hydrogens is 184 g/mol. The van der Waals surface area contributed by atoms with Crippen molar-refractivity contribution in [2.75, 3.05) is 13.2 Å². The number of allylic oxidation sites excluding steroid dienone is 1. The highest BCUT2D eigenvalue weighted by Gasteiger charge is 2.03. The summed E-state index contributed by atoms with van der Waals surface area (Å²) in [5, 5.41) is 4.81. The van der Waals surface area contributed by atoms with Crippen molar-refractivity contribution in [1.82, 2.24) is 10.6 Å². The van der Waals surface area contributed by atoms with Crippen LogP contribution in [0.2, 0.25) is 0 Å². The SMILES string of the molecule is CCOC(=O)CNC(=O)NC=C(C)C. The van der Waals surface area contributed by atoms with Crippen LogP contribution in [0.1, 0.15) is 20.8 Å². The van der Waals surface area contributed by atoms with E-state index in [4.69, 9.17) is 0 Å². The molecule has 5 nitrogen and oxygen atoms in total. The van der Waals surface area contributed by atoms with E-state index in [1.807, 2.05) is 13.8 Å². The monoisotopic (exact) mass is 200 g/mol. The Balaban J connectivity index is 3.64. The summed E-state index contributed by atoms with van der Waals surface area (Å²) in [6, 6.07) is -0.417. The van der Waals surface area contributed by atoms with Crippen LogP contribution in [0, 0.1) is 0 Å². The largest absolute Gasteiger partial charge is 0.465 e.